The highest BCUT2D eigenvalue weighted by Crippen LogP contribution is 2.18. The van der Waals surface area contributed by atoms with Crippen molar-refractivity contribution in [2.45, 2.75) is 6.54 Å². The van der Waals surface area contributed by atoms with Crippen molar-refractivity contribution in [2.24, 2.45) is 0 Å². The zero-order chi connectivity index (χ0) is 11.7. The first-order valence-electron chi connectivity index (χ1n) is 5.20. The number of hydrogen-bond donors (Lipinski definition) is 1. The van der Waals surface area contributed by atoms with E-state index in [4.69, 9.17) is 4.74 Å². The van der Waals surface area contributed by atoms with E-state index in [1.54, 1.807) is 18.1 Å². The van der Waals surface area contributed by atoms with Gasteiger partial charge < -0.3 is 9.72 Å². The van der Waals surface area contributed by atoms with E-state index < -0.39 is 0 Å². The van der Waals surface area contributed by atoms with Gasteiger partial charge in [0.1, 0.15) is 30.8 Å². The summed E-state index contributed by atoms with van der Waals surface area (Å²) in [6.45, 7) is 0.580. The zero-order valence-electron chi connectivity index (χ0n) is 9.29. The van der Waals surface area contributed by atoms with Crippen LogP contribution in [0.15, 0.2) is 30.9 Å². The summed E-state index contributed by atoms with van der Waals surface area (Å²) in [7, 11) is 1.65. The summed E-state index contributed by atoms with van der Waals surface area (Å²) >= 11 is 0. The Morgan fingerprint density at radius 1 is 1.41 bits per heavy atom. The van der Waals surface area contributed by atoms with Gasteiger partial charge in [0, 0.05) is 6.07 Å². The first-order chi connectivity index (χ1) is 8.35. The van der Waals surface area contributed by atoms with E-state index in [-0.39, 0.29) is 0 Å². The molecule has 0 radical (unpaired) electrons. The Labute approximate surface area is 97.3 Å². The number of imidazole rings is 1. The van der Waals surface area contributed by atoms with E-state index in [2.05, 4.69) is 20.1 Å². The molecule has 6 heteroatoms. The number of nitrogens with one attached hydrogen (secondary N) is 1. The van der Waals surface area contributed by atoms with Crippen LogP contribution in [0.4, 0.5) is 0 Å². The van der Waals surface area contributed by atoms with Gasteiger partial charge in [-0.1, -0.05) is 0 Å². The second kappa shape index (κ2) is 3.89. The minimum Gasteiger partial charge on any atom is -0.497 e. The number of ether oxygens (including phenoxy) is 1. The molecule has 17 heavy (non-hydrogen) atoms. The number of nitrogens with zero attached hydrogens (tertiary/aromatic N) is 4. The third-order valence-corrected chi connectivity index (χ3v) is 2.52. The number of aromatic nitrogens is 5. The summed E-state index contributed by atoms with van der Waals surface area (Å²) in [5.41, 5.74) is 1.88. The lowest BCUT2D eigenvalue weighted by molar-refractivity contribution is 0.415. The lowest BCUT2D eigenvalue weighted by atomic mass is 10.3. The Balaban J connectivity index is 1.96. The fourth-order valence-electron chi connectivity index (χ4n) is 1.71. The Bertz CT molecular complexity index is 628. The minimum atomic E-state index is 0.580. The molecule has 3 rings (SSSR count). The first kappa shape index (κ1) is 9.83. The fourth-order valence-corrected chi connectivity index (χ4v) is 1.71. The normalized spacial score (nSPS) is 10.9. The van der Waals surface area contributed by atoms with Gasteiger partial charge in [-0.2, -0.15) is 5.10 Å². The van der Waals surface area contributed by atoms with E-state index in [9.17, 15) is 0 Å². The number of aromatic amines is 1. The van der Waals surface area contributed by atoms with Crippen LogP contribution in [0.5, 0.6) is 5.75 Å². The van der Waals surface area contributed by atoms with E-state index in [1.165, 1.54) is 6.33 Å². The second-order valence-electron chi connectivity index (χ2n) is 3.66. The van der Waals surface area contributed by atoms with Gasteiger partial charge in [0.2, 0.25) is 0 Å². The topological polar surface area (TPSA) is 68.6 Å². The van der Waals surface area contributed by atoms with Gasteiger partial charge in [-0.05, 0) is 12.1 Å². The molecule has 0 saturated heterocycles. The maximum Gasteiger partial charge on any atom is 0.137 e. The van der Waals surface area contributed by atoms with Crippen molar-refractivity contribution in [3.05, 3.63) is 36.7 Å². The zero-order valence-corrected chi connectivity index (χ0v) is 9.29. The minimum absolute atomic E-state index is 0.580. The van der Waals surface area contributed by atoms with E-state index >= 15 is 0 Å². The van der Waals surface area contributed by atoms with E-state index in [0.717, 1.165) is 22.6 Å². The molecule has 1 N–H and O–H groups in total. The molecule has 6 nitrogen and oxygen atoms in total. The summed E-state index contributed by atoms with van der Waals surface area (Å²) in [5.74, 6) is 1.66. The summed E-state index contributed by atoms with van der Waals surface area (Å²) in [6.07, 6.45) is 3.17. The number of hydrogen-bond acceptors (Lipinski definition) is 4. The molecule has 0 aliphatic heterocycles. The van der Waals surface area contributed by atoms with Crippen LogP contribution in [0.25, 0.3) is 11.0 Å². The van der Waals surface area contributed by atoms with Crippen molar-refractivity contribution < 1.29 is 4.74 Å². The Hall–Kier alpha value is -2.37. The second-order valence-corrected chi connectivity index (χ2v) is 3.66. The predicted molar refractivity (Wildman–Crippen MR) is 61.8 cm³/mol. The van der Waals surface area contributed by atoms with Gasteiger partial charge in [-0.25, -0.2) is 14.6 Å². The van der Waals surface area contributed by atoms with E-state index in [0.29, 0.717) is 6.54 Å². The molecule has 0 unspecified atom stereocenters. The fraction of sp³-hybridized carbons (Fsp3) is 0.182. The number of H-pyrrole nitrogens is 1. The van der Waals surface area contributed by atoms with Crippen molar-refractivity contribution in [2.75, 3.05) is 7.11 Å². The molecule has 2 aromatic heterocycles. The third-order valence-electron chi connectivity index (χ3n) is 2.52. The summed E-state index contributed by atoms with van der Waals surface area (Å²) in [5, 5.41) is 4.04. The maximum atomic E-state index is 5.16. The van der Waals surface area contributed by atoms with E-state index in [1.807, 2.05) is 18.2 Å². The van der Waals surface area contributed by atoms with Crippen LogP contribution in [0.3, 0.4) is 0 Å². The first-order valence-corrected chi connectivity index (χ1v) is 5.20. The summed E-state index contributed by atoms with van der Waals surface area (Å²) < 4.78 is 6.88. The van der Waals surface area contributed by atoms with Crippen molar-refractivity contribution in [1.29, 1.82) is 0 Å². The van der Waals surface area contributed by atoms with Crippen molar-refractivity contribution in [1.82, 2.24) is 24.7 Å². The van der Waals surface area contributed by atoms with Crippen LogP contribution < -0.4 is 4.74 Å². The molecule has 3 aromatic rings. The lowest BCUT2D eigenvalue weighted by Crippen LogP contribution is -2.01. The molecular weight excluding hydrogens is 218 g/mol. The predicted octanol–water partition coefficient (Wildman–Crippen LogP) is 1.21. The largest absolute Gasteiger partial charge is 0.497 e. The Kier molecular flexibility index (Phi) is 2.25. The van der Waals surface area contributed by atoms with Crippen LogP contribution in [0.2, 0.25) is 0 Å². The van der Waals surface area contributed by atoms with Crippen LogP contribution >= 0.6 is 0 Å². The van der Waals surface area contributed by atoms with Gasteiger partial charge in [-0.15, -0.1) is 0 Å². The quantitative estimate of drug-likeness (QED) is 0.733. The van der Waals surface area contributed by atoms with Gasteiger partial charge >= 0.3 is 0 Å². The molecule has 2 heterocycles. The molecule has 0 fully saturated rings. The molecule has 0 amide bonds. The Morgan fingerprint density at radius 2 is 2.35 bits per heavy atom. The standard InChI is InChI=1S/C11H11N5O/c1-17-8-2-3-9-10(4-8)15-11(14-9)5-16-7-12-6-13-16/h2-4,6-7H,5H2,1H3,(H,14,15). The smallest absolute Gasteiger partial charge is 0.137 e. The molecule has 0 spiro atoms. The summed E-state index contributed by atoms with van der Waals surface area (Å²) in [4.78, 5) is 11.6. The lowest BCUT2D eigenvalue weighted by Gasteiger charge is -1.96. The number of fused-ring (bicyclic) bond motifs is 1. The van der Waals surface area contributed by atoms with Crippen LogP contribution in [-0.2, 0) is 6.54 Å². The third kappa shape index (κ3) is 1.84. The highest BCUT2D eigenvalue weighted by Gasteiger charge is 2.04. The number of benzene rings is 1. The molecule has 86 valence electrons. The SMILES string of the molecule is COc1ccc2nc(Cn3cncn3)[nH]c2c1. The average Bonchev–Trinajstić information content (AvgIpc) is 2.96. The highest BCUT2D eigenvalue weighted by molar-refractivity contribution is 5.76. The van der Waals surface area contributed by atoms with Crippen LogP contribution in [0.1, 0.15) is 5.82 Å². The number of rotatable bonds is 3. The van der Waals surface area contributed by atoms with Gasteiger partial charge in [-0.3, -0.25) is 0 Å². The van der Waals surface area contributed by atoms with Gasteiger partial charge in [0.15, 0.2) is 0 Å². The molecule has 0 aliphatic rings. The van der Waals surface area contributed by atoms with Crippen molar-refractivity contribution >= 4 is 11.0 Å². The molecule has 0 atom stereocenters. The van der Waals surface area contributed by atoms with Gasteiger partial charge in [0.25, 0.3) is 0 Å². The van der Waals surface area contributed by atoms with Crippen molar-refractivity contribution in [3.63, 3.8) is 0 Å². The molecule has 1 aromatic carbocycles. The number of methoxy groups -OCH3 is 1. The van der Waals surface area contributed by atoms with Gasteiger partial charge in [0.05, 0.1) is 18.1 Å². The average molecular weight is 229 g/mol. The van der Waals surface area contributed by atoms with Crippen molar-refractivity contribution in [3.8, 4) is 5.75 Å². The molecule has 0 saturated carbocycles. The molecular formula is C11H11N5O. The van der Waals surface area contributed by atoms with Crippen LogP contribution in [-0.4, -0.2) is 31.8 Å². The Morgan fingerprint density at radius 3 is 3.12 bits per heavy atom. The highest BCUT2D eigenvalue weighted by atomic mass is 16.5. The summed E-state index contributed by atoms with van der Waals surface area (Å²) in [6, 6.07) is 5.74. The molecule has 0 aliphatic carbocycles. The maximum absolute atomic E-state index is 5.16. The van der Waals surface area contributed by atoms with Crippen LogP contribution in [0, 0.1) is 0 Å². The monoisotopic (exact) mass is 229 g/mol. The molecule has 0 bridgehead atoms.